The summed E-state index contributed by atoms with van der Waals surface area (Å²) in [6, 6.07) is 13.8. The minimum atomic E-state index is -3.72. The first-order valence-electron chi connectivity index (χ1n) is 12.2. The summed E-state index contributed by atoms with van der Waals surface area (Å²) < 4.78 is 31.3. The molecule has 2 aromatic carbocycles. The van der Waals surface area contributed by atoms with E-state index in [-0.39, 0.29) is 34.5 Å². The van der Waals surface area contributed by atoms with Gasteiger partial charge in [-0.1, -0.05) is 74.6 Å². The van der Waals surface area contributed by atoms with Gasteiger partial charge in [0.05, 0.1) is 11.1 Å². The van der Waals surface area contributed by atoms with E-state index in [0.29, 0.717) is 29.8 Å². The molecule has 4 N–H and O–H groups in total. The van der Waals surface area contributed by atoms with Crippen LogP contribution in [-0.4, -0.2) is 32.4 Å². The van der Waals surface area contributed by atoms with Crippen molar-refractivity contribution in [3.8, 4) is 11.8 Å². The lowest BCUT2D eigenvalue weighted by molar-refractivity contribution is -0.121. The number of fused-ring (bicyclic) bond motifs is 2. The Bertz CT molecular complexity index is 1270. The average molecular weight is 510 g/mol. The highest BCUT2D eigenvalue weighted by molar-refractivity contribution is 8.23. The Hall–Kier alpha value is -3.32. The number of aliphatic hydroxyl groups excluding tert-OH is 1. The van der Waals surface area contributed by atoms with Crippen LogP contribution in [0.4, 0.5) is 5.69 Å². The summed E-state index contributed by atoms with van der Waals surface area (Å²) in [4.78, 5) is 14.4. The number of unbranched alkanes of at least 4 members (excludes halogenated alkanes) is 2. The third-order valence-corrected chi connectivity index (χ3v) is 8.14. The number of benzene rings is 2. The maximum absolute atomic E-state index is 14.3. The Labute approximate surface area is 212 Å². The van der Waals surface area contributed by atoms with Crippen molar-refractivity contribution in [3.05, 3.63) is 59.2 Å². The van der Waals surface area contributed by atoms with Crippen LogP contribution in [0.2, 0.25) is 0 Å². The number of hydrogen-bond acceptors (Lipinski definition) is 8. The van der Waals surface area contributed by atoms with Crippen molar-refractivity contribution >= 4 is 33.8 Å². The molecule has 1 aliphatic heterocycles. The highest BCUT2D eigenvalue weighted by Crippen LogP contribution is 2.57. The molecule has 4 rings (SSSR count). The smallest absolute Gasteiger partial charge is 0.180 e. The maximum Gasteiger partial charge on any atom is 0.180 e. The summed E-state index contributed by atoms with van der Waals surface area (Å²) in [6.07, 6.45) is 4.74. The molecule has 0 unspecified atom stereocenters. The molecule has 9 heteroatoms. The Kier molecular flexibility index (Phi) is 7.41. The summed E-state index contributed by atoms with van der Waals surface area (Å²) in [5.41, 5.74) is 0.833. The topological polar surface area (TPSA) is 135 Å². The van der Waals surface area contributed by atoms with E-state index in [9.17, 15) is 19.0 Å². The van der Waals surface area contributed by atoms with E-state index in [2.05, 4.69) is 23.6 Å². The molecule has 0 aromatic heterocycles. The fourth-order valence-corrected chi connectivity index (χ4v) is 6.16. The summed E-state index contributed by atoms with van der Waals surface area (Å²) >= 11 is 0. The van der Waals surface area contributed by atoms with Gasteiger partial charge in [-0.15, -0.1) is 4.40 Å². The zero-order chi connectivity index (χ0) is 25.9. The lowest BCUT2D eigenvalue weighted by atomic mass is 9.63. The number of carbonyl (C=O) groups excluding carboxylic acids is 1. The molecule has 2 aliphatic rings. The Morgan fingerprint density at radius 2 is 1.81 bits per heavy atom. The van der Waals surface area contributed by atoms with Crippen LogP contribution in [0.5, 0.6) is 5.75 Å². The van der Waals surface area contributed by atoms with Crippen LogP contribution in [0.1, 0.15) is 63.5 Å². The number of nitrogens with one attached hydrogen (secondary N) is 1. The maximum atomic E-state index is 14.3. The fourth-order valence-electron chi connectivity index (χ4n) is 4.98. The number of ketones is 1. The number of nitriles is 1. The van der Waals surface area contributed by atoms with Gasteiger partial charge in [-0.25, -0.2) is 0 Å². The summed E-state index contributed by atoms with van der Waals surface area (Å²) in [7, 11) is -3.72. The van der Waals surface area contributed by atoms with Gasteiger partial charge in [0.15, 0.2) is 18.2 Å². The number of anilines is 1. The average Bonchev–Trinajstić information content (AvgIpc) is 2.87. The zero-order valence-corrected chi connectivity index (χ0v) is 21.3. The first-order valence-corrected chi connectivity index (χ1v) is 13.7. The van der Waals surface area contributed by atoms with Crippen LogP contribution in [0.15, 0.2) is 57.3 Å². The fraction of sp³-hybridized carbons (Fsp3) is 0.370. The number of aliphatic hydroxyl groups is 1. The van der Waals surface area contributed by atoms with Crippen molar-refractivity contribution in [3.63, 3.8) is 0 Å². The molecule has 0 atom stereocenters. The Balaban J connectivity index is 1.85. The lowest BCUT2D eigenvalue weighted by Crippen LogP contribution is -2.44. The molecule has 36 heavy (non-hydrogen) atoms. The van der Waals surface area contributed by atoms with Crippen molar-refractivity contribution in [1.29, 1.82) is 5.26 Å². The molecule has 1 heterocycles. The normalized spacial score (nSPS) is 18.3. The molecule has 0 fully saturated rings. The Morgan fingerprint density at radius 3 is 2.47 bits per heavy atom. The van der Waals surface area contributed by atoms with Gasteiger partial charge in [-0.2, -0.15) is 5.26 Å². The van der Waals surface area contributed by atoms with E-state index in [1.807, 2.05) is 24.3 Å². The highest BCUT2D eigenvalue weighted by atomic mass is 32.3. The van der Waals surface area contributed by atoms with Gasteiger partial charge in [0.25, 0.3) is 0 Å². The first kappa shape index (κ1) is 25.8. The van der Waals surface area contributed by atoms with Gasteiger partial charge in [0.2, 0.25) is 0 Å². The molecule has 0 saturated heterocycles. The number of amidine groups is 1. The standard InChI is InChI=1S/C27H31N3O5S/c1-3-5-13-27(14-6-4-2)20-10-8-7-9-19(20)24(31)23(25(27)32)26-29-21-12-11-18(35-16-15-28)17-22(21)36(33,34)30-26/h7-12,17,31,33-34H,3-6,13-14,16H2,1-2H3,(H,29,30). The summed E-state index contributed by atoms with van der Waals surface area (Å²) in [5.74, 6) is -0.265. The van der Waals surface area contributed by atoms with Crippen LogP contribution in [0, 0.1) is 11.3 Å². The molecule has 8 nitrogen and oxygen atoms in total. The SMILES string of the molecule is CCCCC1(CCCC)C(=O)C(C2=NS(O)(O)c3cc(OCC#N)ccc3N2)=C(O)c2ccccc21. The lowest BCUT2D eigenvalue weighted by Gasteiger charge is -2.40. The molecule has 1 aliphatic carbocycles. The summed E-state index contributed by atoms with van der Waals surface area (Å²) in [6.45, 7) is 3.97. The molecule has 0 saturated carbocycles. The van der Waals surface area contributed by atoms with Gasteiger partial charge in [0.1, 0.15) is 28.0 Å². The van der Waals surface area contributed by atoms with Crippen molar-refractivity contribution in [2.24, 2.45) is 4.40 Å². The highest BCUT2D eigenvalue weighted by Gasteiger charge is 2.48. The number of Topliss-reactive ketones (excluding diaryl/α,β-unsaturated/α-hetero) is 1. The van der Waals surface area contributed by atoms with Crippen molar-refractivity contribution in [2.45, 2.75) is 62.7 Å². The minimum Gasteiger partial charge on any atom is -0.506 e. The second kappa shape index (κ2) is 10.3. The van der Waals surface area contributed by atoms with Crippen LogP contribution in [0.3, 0.4) is 0 Å². The molecular weight excluding hydrogens is 478 g/mol. The minimum absolute atomic E-state index is 0.0312. The third kappa shape index (κ3) is 4.48. The third-order valence-electron chi connectivity index (χ3n) is 6.77. The number of nitrogens with zero attached hydrogens (tertiary/aromatic N) is 2. The van der Waals surface area contributed by atoms with Gasteiger partial charge in [-0.05, 0) is 30.5 Å². The monoisotopic (exact) mass is 509 g/mol. The van der Waals surface area contributed by atoms with Gasteiger partial charge in [-0.3, -0.25) is 13.9 Å². The second-order valence-corrected chi connectivity index (χ2v) is 10.7. The molecule has 190 valence electrons. The van der Waals surface area contributed by atoms with Crippen LogP contribution >= 0.6 is 10.8 Å². The number of rotatable bonds is 9. The van der Waals surface area contributed by atoms with E-state index in [1.165, 1.54) is 6.07 Å². The predicted octanol–water partition coefficient (Wildman–Crippen LogP) is 6.61. The number of ether oxygens (including phenoxy) is 1. The van der Waals surface area contributed by atoms with Crippen molar-refractivity contribution in [2.75, 3.05) is 11.9 Å². The predicted molar refractivity (Wildman–Crippen MR) is 141 cm³/mol. The van der Waals surface area contributed by atoms with E-state index in [1.54, 1.807) is 18.2 Å². The van der Waals surface area contributed by atoms with Gasteiger partial charge >= 0.3 is 0 Å². The van der Waals surface area contributed by atoms with Crippen molar-refractivity contribution < 1.29 is 23.7 Å². The largest absolute Gasteiger partial charge is 0.506 e. The van der Waals surface area contributed by atoms with E-state index < -0.39 is 16.2 Å². The molecule has 0 bridgehead atoms. The number of carbonyl (C=O) groups is 1. The molecule has 0 amide bonds. The first-order chi connectivity index (χ1) is 17.3. The summed E-state index contributed by atoms with van der Waals surface area (Å²) in [5, 5.41) is 23.1. The van der Waals surface area contributed by atoms with Crippen LogP contribution in [-0.2, 0) is 10.2 Å². The van der Waals surface area contributed by atoms with Crippen LogP contribution < -0.4 is 10.1 Å². The molecule has 2 aromatic rings. The van der Waals surface area contributed by atoms with E-state index in [0.717, 1.165) is 31.2 Å². The van der Waals surface area contributed by atoms with E-state index >= 15 is 0 Å². The molecule has 0 radical (unpaired) electrons. The second-order valence-electron chi connectivity index (χ2n) is 9.08. The van der Waals surface area contributed by atoms with Crippen LogP contribution in [0.25, 0.3) is 5.76 Å². The molecular formula is C27H31N3O5S. The quantitative estimate of drug-likeness (QED) is 0.299. The Morgan fingerprint density at radius 1 is 1.11 bits per heavy atom. The van der Waals surface area contributed by atoms with Gasteiger partial charge < -0.3 is 15.2 Å². The van der Waals surface area contributed by atoms with E-state index in [4.69, 9.17) is 10.00 Å². The molecule has 0 spiro atoms. The number of hydrogen-bond donors (Lipinski definition) is 4. The van der Waals surface area contributed by atoms with Crippen molar-refractivity contribution in [1.82, 2.24) is 0 Å². The zero-order valence-electron chi connectivity index (χ0n) is 20.5. The van der Waals surface area contributed by atoms with Gasteiger partial charge in [0, 0.05) is 11.6 Å².